The van der Waals surface area contributed by atoms with Gasteiger partial charge in [-0.15, -0.1) is 0 Å². The molecule has 1 N–H and O–H groups in total. The topological polar surface area (TPSA) is 29.5 Å². The third kappa shape index (κ3) is 1.18. The number of fused-ring (bicyclic) bond motifs is 1. The number of phenols is 1. The maximum atomic E-state index is 9.57. The molecule has 0 atom stereocenters. The van der Waals surface area contributed by atoms with E-state index in [1.165, 1.54) is 0 Å². The molecule has 0 radical (unpaired) electrons. The molecule has 2 rings (SSSR count). The number of ether oxygens (including phenoxy) is 1. The van der Waals surface area contributed by atoms with Crippen LogP contribution in [0.4, 0.5) is 0 Å². The standard InChI is InChI=1S/C11H12O2/c1-7-8(2)11-9(6-10(7)12)4-3-5-13-11/h3-4,6,12H,5H2,1-2H3. The second-order valence-corrected chi connectivity index (χ2v) is 3.28. The van der Waals surface area contributed by atoms with Gasteiger partial charge in [0, 0.05) is 5.56 Å². The first kappa shape index (κ1) is 8.17. The zero-order valence-electron chi connectivity index (χ0n) is 7.79. The van der Waals surface area contributed by atoms with Gasteiger partial charge in [-0.2, -0.15) is 0 Å². The molecule has 1 aliphatic rings. The van der Waals surface area contributed by atoms with Crippen LogP contribution in [0.15, 0.2) is 12.1 Å². The summed E-state index contributed by atoms with van der Waals surface area (Å²) in [5.74, 6) is 1.24. The molecule has 68 valence electrons. The monoisotopic (exact) mass is 176 g/mol. The number of hydrogen-bond acceptors (Lipinski definition) is 2. The van der Waals surface area contributed by atoms with Gasteiger partial charge in [-0.3, -0.25) is 0 Å². The summed E-state index contributed by atoms with van der Waals surface area (Å²) in [7, 11) is 0. The summed E-state index contributed by atoms with van der Waals surface area (Å²) < 4.78 is 5.49. The Balaban J connectivity index is 2.69. The van der Waals surface area contributed by atoms with Gasteiger partial charge in [-0.25, -0.2) is 0 Å². The van der Waals surface area contributed by atoms with E-state index in [4.69, 9.17) is 4.74 Å². The molecule has 0 fully saturated rings. The van der Waals surface area contributed by atoms with Crippen LogP contribution in [0.25, 0.3) is 6.08 Å². The second kappa shape index (κ2) is 2.80. The summed E-state index contributed by atoms with van der Waals surface area (Å²) in [5, 5.41) is 9.57. The fourth-order valence-electron chi connectivity index (χ4n) is 1.52. The van der Waals surface area contributed by atoms with Gasteiger partial charge in [0.1, 0.15) is 18.1 Å². The molecule has 0 amide bonds. The predicted molar refractivity (Wildman–Crippen MR) is 52.1 cm³/mol. The number of hydrogen-bond donors (Lipinski definition) is 1. The van der Waals surface area contributed by atoms with Crippen molar-refractivity contribution in [3.63, 3.8) is 0 Å². The first-order valence-electron chi connectivity index (χ1n) is 4.32. The van der Waals surface area contributed by atoms with Crippen LogP contribution in [0.3, 0.4) is 0 Å². The molecule has 13 heavy (non-hydrogen) atoms. The average molecular weight is 176 g/mol. The van der Waals surface area contributed by atoms with E-state index in [-0.39, 0.29) is 0 Å². The largest absolute Gasteiger partial charge is 0.508 e. The van der Waals surface area contributed by atoms with Crippen LogP contribution >= 0.6 is 0 Å². The van der Waals surface area contributed by atoms with Crippen molar-refractivity contribution in [2.75, 3.05) is 6.61 Å². The Morgan fingerprint density at radius 3 is 2.85 bits per heavy atom. The van der Waals surface area contributed by atoms with Gasteiger partial charge < -0.3 is 9.84 Å². The lowest BCUT2D eigenvalue weighted by atomic mass is 10.0. The Morgan fingerprint density at radius 2 is 2.08 bits per heavy atom. The molecule has 0 aromatic heterocycles. The van der Waals surface area contributed by atoms with Crippen molar-refractivity contribution in [1.29, 1.82) is 0 Å². The summed E-state index contributed by atoms with van der Waals surface area (Å²) in [6.07, 6.45) is 3.92. The fourth-order valence-corrected chi connectivity index (χ4v) is 1.52. The third-order valence-corrected chi connectivity index (χ3v) is 2.46. The van der Waals surface area contributed by atoms with Gasteiger partial charge in [0.2, 0.25) is 0 Å². The predicted octanol–water partition coefficient (Wildman–Crippen LogP) is 2.41. The molecule has 0 saturated heterocycles. The number of benzene rings is 1. The van der Waals surface area contributed by atoms with E-state index in [9.17, 15) is 5.11 Å². The van der Waals surface area contributed by atoms with Crippen molar-refractivity contribution in [2.24, 2.45) is 0 Å². The molecule has 1 aliphatic heterocycles. The van der Waals surface area contributed by atoms with Crippen LogP contribution < -0.4 is 4.74 Å². The molecule has 0 aliphatic carbocycles. The van der Waals surface area contributed by atoms with E-state index < -0.39 is 0 Å². The summed E-state index contributed by atoms with van der Waals surface area (Å²) in [6.45, 7) is 4.48. The Labute approximate surface area is 77.5 Å². The average Bonchev–Trinajstić information content (AvgIpc) is 2.15. The minimum atomic E-state index is 0.339. The summed E-state index contributed by atoms with van der Waals surface area (Å²) in [4.78, 5) is 0. The maximum Gasteiger partial charge on any atom is 0.130 e. The highest BCUT2D eigenvalue weighted by Crippen LogP contribution is 2.34. The maximum absolute atomic E-state index is 9.57. The highest BCUT2D eigenvalue weighted by Gasteiger charge is 2.13. The van der Waals surface area contributed by atoms with Crippen molar-refractivity contribution in [1.82, 2.24) is 0 Å². The summed E-state index contributed by atoms with van der Waals surface area (Å²) in [5.41, 5.74) is 2.89. The highest BCUT2D eigenvalue weighted by atomic mass is 16.5. The summed E-state index contributed by atoms with van der Waals surface area (Å²) in [6, 6.07) is 1.74. The molecule has 0 saturated carbocycles. The van der Waals surface area contributed by atoms with E-state index in [0.717, 1.165) is 22.4 Å². The molecule has 0 unspecified atom stereocenters. The Morgan fingerprint density at radius 1 is 1.31 bits per heavy atom. The van der Waals surface area contributed by atoms with Crippen LogP contribution in [-0.2, 0) is 0 Å². The SMILES string of the molecule is Cc1c(O)cc2c(c1C)OCC=C2. The fraction of sp³-hybridized carbons (Fsp3) is 0.273. The normalized spacial score (nSPS) is 13.7. The van der Waals surface area contributed by atoms with Gasteiger partial charge in [0.15, 0.2) is 0 Å². The van der Waals surface area contributed by atoms with Gasteiger partial charge in [0.05, 0.1) is 0 Å². The van der Waals surface area contributed by atoms with Crippen LogP contribution in [0.2, 0.25) is 0 Å². The second-order valence-electron chi connectivity index (χ2n) is 3.28. The van der Waals surface area contributed by atoms with E-state index in [1.807, 2.05) is 26.0 Å². The number of aromatic hydroxyl groups is 1. The van der Waals surface area contributed by atoms with E-state index in [1.54, 1.807) is 6.07 Å². The van der Waals surface area contributed by atoms with Crippen LogP contribution in [-0.4, -0.2) is 11.7 Å². The van der Waals surface area contributed by atoms with Crippen molar-refractivity contribution in [2.45, 2.75) is 13.8 Å². The minimum Gasteiger partial charge on any atom is -0.508 e. The zero-order valence-corrected chi connectivity index (χ0v) is 7.79. The number of phenolic OH excluding ortho intramolecular Hbond substituents is 1. The smallest absolute Gasteiger partial charge is 0.130 e. The van der Waals surface area contributed by atoms with Crippen LogP contribution in [0, 0.1) is 13.8 Å². The summed E-state index contributed by atoms with van der Waals surface area (Å²) >= 11 is 0. The van der Waals surface area contributed by atoms with Crippen molar-refractivity contribution >= 4 is 6.08 Å². The first-order chi connectivity index (χ1) is 6.20. The van der Waals surface area contributed by atoms with E-state index in [2.05, 4.69) is 0 Å². The third-order valence-electron chi connectivity index (χ3n) is 2.46. The molecule has 0 spiro atoms. The molecule has 0 bridgehead atoms. The molecule has 2 nitrogen and oxygen atoms in total. The quantitative estimate of drug-likeness (QED) is 0.657. The molecular formula is C11H12O2. The highest BCUT2D eigenvalue weighted by molar-refractivity contribution is 5.66. The van der Waals surface area contributed by atoms with Crippen molar-refractivity contribution in [3.05, 3.63) is 28.8 Å². The molecular weight excluding hydrogens is 164 g/mol. The van der Waals surface area contributed by atoms with E-state index >= 15 is 0 Å². The van der Waals surface area contributed by atoms with Gasteiger partial charge in [-0.05, 0) is 37.1 Å². The van der Waals surface area contributed by atoms with Crippen molar-refractivity contribution in [3.8, 4) is 11.5 Å². The molecule has 2 heteroatoms. The Kier molecular flexibility index (Phi) is 1.76. The Bertz CT molecular complexity index is 378. The van der Waals surface area contributed by atoms with E-state index in [0.29, 0.717) is 12.4 Å². The molecule has 1 aromatic carbocycles. The first-order valence-corrected chi connectivity index (χ1v) is 4.32. The van der Waals surface area contributed by atoms with Crippen LogP contribution in [0.1, 0.15) is 16.7 Å². The minimum absolute atomic E-state index is 0.339. The van der Waals surface area contributed by atoms with Gasteiger partial charge in [-0.1, -0.05) is 6.08 Å². The van der Waals surface area contributed by atoms with Crippen LogP contribution in [0.5, 0.6) is 11.5 Å². The molecule has 1 aromatic rings. The zero-order chi connectivity index (χ0) is 9.42. The lowest BCUT2D eigenvalue weighted by Gasteiger charge is -2.17. The Hall–Kier alpha value is -1.44. The number of rotatable bonds is 0. The van der Waals surface area contributed by atoms with Crippen molar-refractivity contribution < 1.29 is 9.84 Å². The lowest BCUT2D eigenvalue weighted by molar-refractivity contribution is 0.354. The lowest BCUT2D eigenvalue weighted by Crippen LogP contribution is -2.03. The van der Waals surface area contributed by atoms with Gasteiger partial charge in [0.25, 0.3) is 0 Å². The molecule has 1 heterocycles. The van der Waals surface area contributed by atoms with Gasteiger partial charge >= 0.3 is 0 Å².